The van der Waals surface area contributed by atoms with Crippen molar-refractivity contribution in [2.24, 2.45) is 5.41 Å². The Hall–Kier alpha value is -1.49. The van der Waals surface area contributed by atoms with E-state index < -0.39 is 17.4 Å². The van der Waals surface area contributed by atoms with E-state index in [1.807, 2.05) is 18.4 Å². The van der Waals surface area contributed by atoms with Crippen LogP contribution in [0.2, 0.25) is 0 Å². The van der Waals surface area contributed by atoms with Gasteiger partial charge in [-0.3, -0.25) is 4.79 Å². The lowest BCUT2D eigenvalue weighted by atomic mass is 9.86. The fraction of sp³-hybridized carbons (Fsp3) is 0.429. The summed E-state index contributed by atoms with van der Waals surface area (Å²) in [6.45, 7) is 5.34. The van der Waals surface area contributed by atoms with Crippen LogP contribution >= 0.6 is 11.8 Å². The number of carbonyl (C=O) groups excluding carboxylic acids is 1. The molecule has 5 heteroatoms. The normalized spacial score (nSPS) is 12.8. The van der Waals surface area contributed by atoms with E-state index >= 15 is 0 Å². The number of hydrogen-bond donors (Lipinski definition) is 2. The minimum absolute atomic E-state index is 0.366. The lowest BCUT2D eigenvalue weighted by molar-refractivity contribution is -0.142. The molecule has 0 spiro atoms. The topological polar surface area (TPSA) is 66.4 Å². The van der Waals surface area contributed by atoms with E-state index in [1.165, 1.54) is 0 Å². The van der Waals surface area contributed by atoms with E-state index in [-0.39, 0.29) is 5.91 Å². The Kier molecular flexibility index (Phi) is 5.00. The molecule has 1 aromatic carbocycles. The summed E-state index contributed by atoms with van der Waals surface area (Å²) in [4.78, 5) is 24.3. The monoisotopic (exact) mass is 281 g/mol. The largest absolute Gasteiger partial charge is 0.480 e. The van der Waals surface area contributed by atoms with Gasteiger partial charge in [-0.1, -0.05) is 20.8 Å². The number of benzene rings is 1. The second-order valence-electron chi connectivity index (χ2n) is 5.34. The van der Waals surface area contributed by atoms with Crippen molar-refractivity contribution in [2.45, 2.75) is 31.7 Å². The molecule has 104 valence electrons. The molecule has 0 aliphatic carbocycles. The van der Waals surface area contributed by atoms with Gasteiger partial charge in [-0.05, 0) is 35.9 Å². The van der Waals surface area contributed by atoms with Crippen LogP contribution in [0.4, 0.5) is 0 Å². The zero-order valence-corrected chi connectivity index (χ0v) is 12.4. The minimum atomic E-state index is -1.03. The SMILES string of the molecule is CSc1ccc(C(=O)N[C@@H](C(=O)O)C(C)(C)C)cc1. The van der Waals surface area contributed by atoms with Crippen molar-refractivity contribution < 1.29 is 14.7 Å². The van der Waals surface area contributed by atoms with Crippen molar-refractivity contribution in [3.05, 3.63) is 29.8 Å². The number of carboxylic acid groups (broad SMARTS) is 1. The zero-order chi connectivity index (χ0) is 14.6. The van der Waals surface area contributed by atoms with Crippen molar-refractivity contribution in [3.63, 3.8) is 0 Å². The molecule has 19 heavy (non-hydrogen) atoms. The lowest BCUT2D eigenvalue weighted by Crippen LogP contribution is -2.49. The van der Waals surface area contributed by atoms with Gasteiger partial charge in [-0.25, -0.2) is 4.79 Å². The summed E-state index contributed by atoms with van der Waals surface area (Å²) >= 11 is 1.59. The summed E-state index contributed by atoms with van der Waals surface area (Å²) in [6.07, 6.45) is 1.95. The molecule has 0 bridgehead atoms. The van der Waals surface area contributed by atoms with Crippen LogP contribution in [0.1, 0.15) is 31.1 Å². The summed E-state index contributed by atoms with van der Waals surface area (Å²) in [6, 6.07) is 6.16. The van der Waals surface area contributed by atoms with Crippen molar-refractivity contribution in [1.29, 1.82) is 0 Å². The number of carboxylic acids is 1. The molecule has 0 aliphatic heterocycles. The Morgan fingerprint density at radius 3 is 2.11 bits per heavy atom. The molecule has 0 aliphatic rings. The number of nitrogens with one attached hydrogen (secondary N) is 1. The Morgan fingerprint density at radius 2 is 1.74 bits per heavy atom. The van der Waals surface area contributed by atoms with Crippen molar-refractivity contribution in [2.75, 3.05) is 6.26 Å². The first-order chi connectivity index (χ1) is 8.75. The molecular formula is C14H19NO3S. The molecule has 0 saturated heterocycles. The van der Waals surface area contributed by atoms with E-state index in [0.717, 1.165) is 4.90 Å². The molecule has 1 atom stereocenters. The van der Waals surface area contributed by atoms with Crippen molar-refractivity contribution >= 4 is 23.6 Å². The van der Waals surface area contributed by atoms with Crippen molar-refractivity contribution in [1.82, 2.24) is 5.32 Å². The zero-order valence-electron chi connectivity index (χ0n) is 11.6. The molecule has 1 aromatic rings. The highest BCUT2D eigenvalue weighted by Crippen LogP contribution is 2.20. The van der Waals surface area contributed by atoms with Gasteiger partial charge in [0.1, 0.15) is 6.04 Å². The summed E-state index contributed by atoms with van der Waals surface area (Å²) in [7, 11) is 0. The average Bonchev–Trinajstić information content (AvgIpc) is 2.34. The third-order valence-electron chi connectivity index (χ3n) is 2.74. The molecule has 0 unspecified atom stereocenters. The van der Waals surface area contributed by atoms with Gasteiger partial charge in [0.15, 0.2) is 0 Å². The highest BCUT2D eigenvalue weighted by Gasteiger charge is 2.32. The molecule has 0 heterocycles. The fourth-order valence-corrected chi connectivity index (χ4v) is 2.01. The van der Waals surface area contributed by atoms with Crippen molar-refractivity contribution in [3.8, 4) is 0 Å². The number of rotatable bonds is 4. The average molecular weight is 281 g/mol. The quantitative estimate of drug-likeness (QED) is 0.833. The number of hydrogen-bond acceptors (Lipinski definition) is 3. The Bertz CT molecular complexity index is 463. The first-order valence-corrected chi connectivity index (χ1v) is 7.16. The van der Waals surface area contributed by atoms with E-state index in [0.29, 0.717) is 5.56 Å². The van der Waals surface area contributed by atoms with Gasteiger partial charge in [-0.15, -0.1) is 11.8 Å². The second kappa shape index (κ2) is 6.10. The first kappa shape index (κ1) is 15.6. The van der Waals surface area contributed by atoms with Crippen LogP contribution in [-0.4, -0.2) is 29.3 Å². The second-order valence-corrected chi connectivity index (χ2v) is 6.22. The maximum absolute atomic E-state index is 12.0. The van der Waals surface area contributed by atoms with Crippen LogP contribution in [-0.2, 0) is 4.79 Å². The van der Waals surface area contributed by atoms with Gasteiger partial charge in [0, 0.05) is 10.5 Å². The van der Waals surface area contributed by atoms with Gasteiger partial charge in [0.05, 0.1) is 0 Å². The molecule has 1 rings (SSSR count). The van der Waals surface area contributed by atoms with Gasteiger partial charge >= 0.3 is 5.97 Å². The Labute approximate surface area is 117 Å². The first-order valence-electron chi connectivity index (χ1n) is 5.93. The molecule has 0 fully saturated rings. The van der Waals surface area contributed by atoms with Crippen LogP contribution in [0.3, 0.4) is 0 Å². The molecule has 1 amide bonds. The maximum atomic E-state index is 12.0. The molecule has 2 N–H and O–H groups in total. The van der Waals surface area contributed by atoms with Crippen LogP contribution in [0.5, 0.6) is 0 Å². The Balaban J connectivity index is 2.85. The molecule has 4 nitrogen and oxygen atoms in total. The van der Waals surface area contributed by atoms with Crippen LogP contribution in [0.15, 0.2) is 29.2 Å². The number of carbonyl (C=O) groups is 2. The summed E-state index contributed by atoms with van der Waals surface area (Å²) < 4.78 is 0. The number of amides is 1. The summed E-state index contributed by atoms with van der Waals surface area (Å²) in [5.74, 6) is -1.39. The van der Waals surface area contributed by atoms with Gasteiger partial charge in [0.2, 0.25) is 0 Å². The number of thioether (sulfide) groups is 1. The third-order valence-corrected chi connectivity index (χ3v) is 3.48. The minimum Gasteiger partial charge on any atom is -0.480 e. The molecule has 0 radical (unpaired) electrons. The van der Waals surface area contributed by atoms with E-state index in [4.69, 9.17) is 5.11 Å². The molecule has 0 aromatic heterocycles. The third kappa shape index (κ3) is 4.28. The lowest BCUT2D eigenvalue weighted by Gasteiger charge is -2.27. The van der Waals surface area contributed by atoms with Gasteiger partial charge < -0.3 is 10.4 Å². The van der Waals surface area contributed by atoms with Crippen LogP contribution in [0, 0.1) is 5.41 Å². The van der Waals surface area contributed by atoms with Crippen LogP contribution < -0.4 is 5.32 Å². The summed E-state index contributed by atoms with van der Waals surface area (Å²) in [5.41, 5.74) is -0.0749. The van der Waals surface area contributed by atoms with Gasteiger partial charge in [0.25, 0.3) is 5.91 Å². The predicted molar refractivity (Wildman–Crippen MR) is 76.6 cm³/mol. The van der Waals surface area contributed by atoms with E-state index in [1.54, 1.807) is 44.7 Å². The molecular weight excluding hydrogens is 262 g/mol. The standard InChI is InChI=1S/C14H19NO3S/c1-14(2,3)11(13(17)18)15-12(16)9-5-7-10(19-4)8-6-9/h5-8,11H,1-4H3,(H,15,16)(H,17,18)/t11-/m0/s1. The summed E-state index contributed by atoms with van der Waals surface area (Å²) in [5, 5.41) is 11.7. The van der Waals surface area contributed by atoms with Crippen LogP contribution in [0.25, 0.3) is 0 Å². The Morgan fingerprint density at radius 1 is 1.21 bits per heavy atom. The highest BCUT2D eigenvalue weighted by atomic mass is 32.2. The maximum Gasteiger partial charge on any atom is 0.326 e. The van der Waals surface area contributed by atoms with E-state index in [2.05, 4.69) is 5.32 Å². The smallest absolute Gasteiger partial charge is 0.326 e. The van der Waals surface area contributed by atoms with E-state index in [9.17, 15) is 9.59 Å². The number of aliphatic carboxylic acids is 1. The predicted octanol–water partition coefficient (Wildman–Crippen LogP) is 2.64. The molecule has 0 saturated carbocycles. The van der Waals surface area contributed by atoms with Gasteiger partial charge in [-0.2, -0.15) is 0 Å². The fourth-order valence-electron chi connectivity index (χ4n) is 1.61. The highest BCUT2D eigenvalue weighted by molar-refractivity contribution is 7.98.